The Bertz CT molecular complexity index is 558. The summed E-state index contributed by atoms with van der Waals surface area (Å²) in [6.07, 6.45) is 4.90. The maximum Gasteiger partial charge on any atom is 0.0803 e. The first-order valence-corrected chi connectivity index (χ1v) is 7.06. The minimum absolute atomic E-state index is 0.375. The second kappa shape index (κ2) is 5.31. The number of benzene rings is 1. The first-order chi connectivity index (χ1) is 9.24. The van der Waals surface area contributed by atoms with Crippen LogP contribution in [-0.4, -0.2) is 39.4 Å². The molecule has 1 aliphatic rings. The molecule has 2 aromatic rings. The number of hydrogen-bond acceptors (Lipinski definition) is 3. The summed E-state index contributed by atoms with van der Waals surface area (Å²) in [4.78, 5) is 2.44. The molecule has 4 heteroatoms. The van der Waals surface area contributed by atoms with E-state index in [-0.39, 0.29) is 6.10 Å². The Hall–Kier alpha value is -1.39. The molecule has 1 N–H and O–H groups in total. The second-order valence-electron chi connectivity index (χ2n) is 5.44. The minimum atomic E-state index is -0.375. The summed E-state index contributed by atoms with van der Waals surface area (Å²) in [5.41, 5.74) is 2.08. The van der Waals surface area contributed by atoms with Gasteiger partial charge < -0.3 is 10.0 Å². The Morgan fingerprint density at radius 1 is 1.32 bits per heavy atom. The number of likely N-dealkylation sites (tertiary alicyclic amines) is 1. The molecule has 102 valence electrons. The van der Waals surface area contributed by atoms with Crippen LogP contribution in [0.15, 0.2) is 24.4 Å². The van der Waals surface area contributed by atoms with Crippen molar-refractivity contribution in [3.63, 3.8) is 0 Å². The van der Waals surface area contributed by atoms with Crippen molar-refractivity contribution in [3.05, 3.63) is 30.0 Å². The summed E-state index contributed by atoms with van der Waals surface area (Å²) in [6.45, 7) is 3.37. The zero-order chi connectivity index (χ0) is 13.2. The van der Waals surface area contributed by atoms with Gasteiger partial charge in [0, 0.05) is 19.0 Å². The van der Waals surface area contributed by atoms with E-state index in [1.807, 2.05) is 30.1 Å². The molecule has 1 atom stereocenters. The molecule has 1 aliphatic heterocycles. The Balaban J connectivity index is 1.69. The molecule has 0 bridgehead atoms. The Labute approximate surface area is 113 Å². The van der Waals surface area contributed by atoms with Gasteiger partial charge in [0.05, 0.1) is 17.8 Å². The van der Waals surface area contributed by atoms with Gasteiger partial charge in [-0.05, 0) is 44.0 Å². The van der Waals surface area contributed by atoms with Gasteiger partial charge in [0.25, 0.3) is 0 Å². The third-order valence-electron chi connectivity index (χ3n) is 4.08. The van der Waals surface area contributed by atoms with Crippen molar-refractivity contribution < 1.29 is 5.11 Å². The lowest BCUT2D eigenvalue weighted by molar-refractivity contribution is 0.149. The lowest BCUT2D eigenvalue weighted by Crippen LogP contribution is -2.22. The van der Waals surface area contributed by atoms with Crippen LogP contribution in [-0.2, 0) is 7.05 Å². The number of nitrogens with zero attached hydrogens (tertiary/aromatic N) is 3. The van der Waals surface area contributed by atoms with Crippen LogP contribution in [0.4, 0.5) is 0 Å². The molecule has 3 rings (SSSR count). The first-order valence-electron chi connectivity index (χ1n) is 7.06. The fourth-order valence-corrected chi connectivity index (χ4v) is 2.85. The molecular formula is C15H21N3O. The van der Waals surface area contributed by atoms with Gasteiger partial charge in [-0.15, -0.1) is 0 Å². The standard InChI is InChI=1S/C15H21N3O/c1-17-14-10-12(4-5-13(14)11-16-17)15(19)6-9-18-7-2-3-8-18/h4-5,10-11,15,19H,2-3,6-9H2,1H3. The molecule has 1 saturated heterocycles. The number of hydrogen-bond donors (Lipinski definition) is 1. The summed E-state index contributed by atoms with van der Waals surface area (Å²) in [5, 5.41) is 15.7. The van der Waals surface area contributed by atoms with Crippen LogP contribution < -0.4 is 0 Å². The van der Waals surface area contributed by atoms with E-state index in [9.17, 15) is 5.11 Å². The first kappa shape index (κ1) is 12.6. The third-order valence-corrected chi connectivity index (χ3v) is 4.08. The summed E-state index contributed by atoms with van der Waals surface area (Å²) >= 11 is 0. The zero-order valence-corrected chi connectivity index (χ0v) is 11.4. The lowest BCUT2D eigenvalue weighted by atomic mass is 10.0. The van der Waals surface area contributed by atoms with Crippen LogP contribution in [0.3, 0.4) is 0 Å². The topological polar surface area (TPSA) is 41.3 Å². The SMILES string of the molecule is Cn1ncc2ccc(C(O)CCN3CCCC3)cc21. The van der Waals surface area contributed by atoms with Crippen molar-refractivity contribution in [1.29, 1.82) is 0 Å². The molecule has 4 nitrogen and oxygen atoms in total. The summed E-state index contributed by atoms with van der Waals surface area (Å²) < 4.78 is 1.85. The second-order valence-corrected chi connectivity index (χ2v) is 5.44. The highest BCUT2D eigenvalue weighted by Crippen LogP contribution is 2.22. The molecule has 1 aromatic carbocycles. The monoisotopic (exact) mass is 259 g/mol. The van der Waals surface area contributed by atoms with Crippen LogP contribution in [0, 0.1) is 0 Å². The Morgan fingerprint density at radius 3 is 2.89 bits per heavy atom. The van der Waals surface area contributed by atoms with Crippen molar-refractivity contribution in [2.75, 3.05) is 19.6 Å². The molecule has 1 aromatic heterocycles. The van der Waals surface area contributed by atoms with E-state index < -0.39 is 0 Å². The van der Waals surface area contributed by atoms with Gasteiger partial charge in [0.1, 0.15) is 0 Å². The van der Waals surface area contributed by atoms with Crippen molar-refractivity contribution in [1.82, 2.24) is 14.7 Å². The van der Waals surface area contributed by atoms with E-state index in [4.69, 9.17) is 0 Å². The van der Waals surface area contributed by atoms with Gasteiger partial charge in [-0.25, -0.2) is 0 Å². The third kappa shape index (κ3) is 2.65. The number of aromatic nitrogens is 2. The van der Waals surface area contributed by atoms with Crippen LogP contribution >= 0.6 is 0 Å². The molecule has 0 aliphatic carbocycles. The molecular weight excluding hydrogens is 238 g/mol. The van der Waals surface area contributed by atoms with E-state index in [2.05, 4.69) is 16.1 Å². The lowest BCUT2D eigenvalue weighted by Gasteiger charge is -2.17. The van der Waals surface area contributed by atoms with Gasteiger partial charge in [0.15, 0.2) is 0 Å². The predicted molar refractivity (Wildman–Crippen MR) is 76.0 cm³/mol. The van der Waals surface area contributed by atoms with E-state index in [1.165, 1.54) is 25.9 Å². The summed E-state index contributed by atoms with van der Waals surface area (Å²) in [7, 11) is 1.93. The van der Waals surface area contributed by atoms with Crippen molar-refractivity contribution in [2.24, 2.45) is 7.05 Å². The number of aryl methyl sites for hydroxylation is 1. The predicted octanol–water partition coefficient (Wildman–Crippen LogP) is 2.09. The smallest absolute Gasteiger partial charge is 0.0803 e. The molecule has 0 amide bonds. The highest BCUT2D eigenvalue weighted by atomic mass is 16.3. The molecule has 0 spiro atoms. The minimum Gasteiger partial charge on any atom is -0.388 e. The van der Waals surface area contributed by atoms with Crippen LogP contribution in [0.25, 0.3) is 10.9 Å². The van der Waals surface area contributed by atoms with E-state index in [0.29, 0.717) is 0 Å². The molecule has 1 unspecified atom stereocenters. The Kier molecular flexibility index (Phi) is 3.53. The van der Waals surface area contributed by atoms with Crippen molar-refractivity contribution in [3.8, 4) is 0 Å². The highest BCUT2D eigenvalue weighted by molar-refractivity contribution is 5.79. The van der Waals surface area contributed by atoms with Crippen molar-refractivity contribution >= 4 is 10.9 Å². The normalized spacial score (nSPS) is 18.2. The van der Waals surface area contributed by atoms with Gasteiger partial charge in [-0.2, -0.15) is 5.10 Å². The van der Waals surface area contributed by atoms with Crippen LogP contribution in [0.2, 0.25) is 0 Å². The largest absolute Gasteiger partial charge is 0.388 e. The van der Waals surface area contributed by atoms with E-state index in [1.54, 1.807) is 0 Å². The maximum absolute atomic E-state index is 10.3. The van der Waals surface area contributed by atoms with Gasteiger partial charge in [-0.1, -0.05) is 12.1 Å². The van der Waals surface area contributed by atoms with Crippen molar-refractivity contribution in [2.45, 2.75) is 25.4 Å². The average Bonchev–Trinajstić information content (AvgIpc) is 3.06. The molecule has 0 saturated carbocycles. The molecule has 1 fully saturated rings. The Morgan fingerprint density at radius 2 is 2.11 bits per heavy atom. The fourth-order valence-electron chi connectivity index (χ4n) is 2.85. The number of aliphatic hydroxyl groups is 1. The van der Waals surface area contributed by atoms with E-state index >= 15 is 0 Å². The summed E-state index contributed by atoms with van der Waals surface area (Å²) in [5.74, 6) is 0. The highest BCUT2D eigenvalue weighted by Gasteiger charge is 2.15. The average molecular weight is 259 g/mol. The molecule has 0 radical (unpaired) electrons. The van der Waals surface area contributed by atoms with E-state index in [0.717, 1.165) is 29.4 Å². The zero-order valence-electron chi connectivity index (χ0n) is 11.4. The maximum atomic E-state index is 10.3. The fraction of sp³-hybridized carbons (Fsp3) is 0.533. The van der Waals surface area contributed by atoms with Gasteiger partial charge in [0.2, 0.25) is 0 Å². The quantitative estimate of drug-likeness (QED) is 0.914. The number of fused-ring (bicyclic) bond motifs is 1. The number of rotatable bonds is 4. The molecule has 19 heavy (non-hydrogen) atoms. The van der Waals surface area contributed by atoms with Crippen LogP contribution in [0.5, 0.6) is 0 Å². The van der Waals surface area contributed by atoms with Gasteiger partial charge in [-0.3, -0.25) is 4.68 Å². The van der Waals surface area contributed by atoms with Gasteiger partial charge >= 0.3 is 0 Å². The summed E-state index contributed by atoms with van der Waals surface area (Å²) in [6, 6.07) is 6.10. The van der Waals surface area contributed by atoms with Crippen LogP contribution in [0.1, 0.15) is 30.9 Å². The number of aliphatic hydroxyl groups excluding tert-OH is 1. The molecule has 2 heterocycles.